The van der Waals surface area contributed by atoms with Gasteiger partial charge in [-0.2, -0.15) is 0 Å². The highest BCUT2D eigenvalue weighted by atomic mass is 35.5. The van der Waals surface area contributed by atoms with Crippen LogP contribution < -0.4 is 0 Å². The number of likely N-dealkylation sites (tertiary alicyclic amines) is 1. The Labute approximate surface area is 148 Å². The number of hydrogen-bond donors (Lipinski definition) is 2. The maximum absolute atomic E-state index is 10.1. The molecule has 3 nitrogen and oxygen atoms in total. The van der Waals surface area contributed by atoms with Gasteiger partial charge in [-0.3, -0.25) is 4.90 Å². The zero-order valence-corrected chi connectivity index (χ0v) is 14.5. The number of phenolic OH excluding ortho intramolecular Hbond substituents is 1. The van der Waals surface area contributed by atoms with E-state index in [0.717, 1.165) is 37.9 Å². The number of aromatic hydroxyl groups is 1. The Hall–Kier alpha value is -1.55. The van der Waals surface area contributed by atoms with E-state index in [2.05, 4.69) is 17.0 Å². The molecule has 2 aromatic carbocycles. The number of halogens is 1. The van der Waals surface area contributed by atoms with E-state index < -0.39 is 0 Å². The van der Waals surface area contributed by atoms with Crippen LogP contribution in [0.3, 0.4) is 0 Å². The highest BCUT2D eigenvalue weighted by Gasteiger charge is 2.35. The molecule has 1 aliphatic heterocycles. The van der Waals surface area contributed by atoms with Gasteiger partial charge in [0.05, 0.1) is 6.61 Å². The van der Waals surface area contributed by atoms with Crippen LogP contribution in [0.5, 0.6) is 5.75 Å². The Balaban J connectivity index is 1.73. The SMILES string of the molecule is OC[C@@]1(Cc2ccccc2)CCCN(Cc2cc(Cl)ccc2O)C1. The first kappa shape index (κ1) is 17.3. The third kappa shape index (κ3) is 4.10. The number of rotatable bonds is 5. The smallest absolute Gasteiger partial charge is 0.120 e. The number of aliphatic hydroxyl groups is 1. The lowest BCUT2D eigenvalue weighted by Crippen LogP contribution is -2.46. The van der Waals surface area contributed by atoms with Crippen molar-refractivity contribution in [2.45, 2.75) is 25.8 Å². The van der Waals surface area contributed by atoms with Crippen molar-refractivity contribution in [3.8, 4) is 5.75 Å². The van der Waals surface area contributed by atoms with Crippen molar-refractivity contribution < 1.29 is 10.2 Å². The Morgan fingerprint density at radius 1 is 1.12 bits per heavy atom. The normalized spacial score (nSPS) is 21.8. The van der Waals surface area contributed by atoms with Crippen LogP contribution in [0.4, 0.5) is 0 Å². The van der Waals surface area contributed by atoms with Crippen LogP contribution in [0.1, 0.15) is 24.0 Å². The number of phenols is 1. The van der Waals surface area contributed by atoms with Crippen molar-refractivity contribution in [2.24, 2.45) is 5.41 Å². The molecule has 0 aromatic heterocycles. The molecule has 0 radical (unpaired) electrons. The molecule has 1 saturated heterocycles. The molecule has 1 atom stereocenters. The molecular formula is C20H24ClNO2. The summed E-state index contributed by atoms with van der Waals surface area (Å²) >= 11 is 6.06. The topological polar surface area (TPSA) is 43.7 Å². The summed E-state index contributed by atoms with van der Waals surface area (Å²) in [6.45, 7) is 2.63. The van der Waals surface area contributed by atoms with Gasteiger partial charge in [-0.15, -0.1) is 0 Å². The van der Waals surface area contributed by atoms with E-state index >= 15 is 0 Å². The van der Waals surface area contributed by atoms with E-state index in [1.165, 1.54) is 5.56 Å². The Kier molecular flexibility index (Phi) is 5.44. The fourth-order valence-corrected chi connectivity index (χ4v) is 3.92. The Bertz CT molecular complexity index is 677. The first-order valence-corrected chi connectivity index (χ1v) is 8.83. The lowest BCUT2D eigenvalue weighted by molar-refractivity contribution is 0.0286. The summed E-state index contributed by atoms with van der Waals surface area (Å²) in [7, 11) is 0. The highest BCUT2D eigenvalue weighted by Crippen LogP contribution is 2.35. The molecule has 2 N–H and O–H groups in total. The molecule has 0 amide bonds. The lowest BCUT2D eigenvalue weighted by Gasteiger charge is -2.42. The van der Waals surface area contributed by atoms with E-state index in [9.17, 15) is 10.2 Å². The predicted octanol–water partition coefficient (Wildman–Crippen LogP) is 3.86. The second kappa shape index (κ2) is 7.56. The average Bonchev–Trinajstić information content (AvgIpc) is 2.59. The molecule has 3 rings (SSSR count). The summed E-state index contributed by atoms with van der Waals surface area (Å²) in [4.78, 5) is 2.31. The fraction of sp³-hybridized carbons (Fsp3) is 0.400. The number of aliphatic hydroxyl groups excluding tert-OH is 1. The van der Waals surface area contributed by atoms with Crippen molar-refractivity contribution >= 4 is 11.6 Å². The molecule has 1 heterocycles. The third-order valence-electron chi connectivity index (χ3n) is 4.93. The predicted molar refractivity (Wildman–Crippen MR) is 97.3 cm³/mol. The van der Waals surface area contributed by atoms with Crippen LogP contribution in [-0.4, -0.2) is 34.8 Å². The quantitative estimate of drug-likeness (QED) is 0.864. The molecule has 0 aliphatic carbocycles. The van der Waals surface area contributed by atoms with Gasteiger partial charge in [0.1, 0.15) is 5.75 Å². The standard InChI is InChI=1S/C20H24ClNO2/c21-18-7-8-19(24)17(11-18)13-22-10-4-9-20(14-22,15-23)12-16-5-2-1-3-6-16/h1-3,5-8,11,23-24H,4,9-10,12-15H2/t20-/m1/s1. The second-order valence-corrected chi connectivity index (χ2v) is 7.34. The molecule has 0 unspecified atom stereocenters. The minimum atomic E-state index is -0.117. The number of nitrogens with zero attached hydrogens (tertiary/aromatic N) is 1. The van der Waals surface area contributed by atoms with Crippen molar-refractivity contribution in [1.29, 1.82) is 0 Å². The number of benzene rings is 2. The van der Waals surface area contributed by atoms with Crippen molar-refractivity contribution in [1.82, 2.24) is 4.90 Å². The molecule has 0 spiro atoms. The second-order valence-electron chi connectivity index (χ2n) is 6.91. The van der Waals surface area contributed by atoms with Gasteiger partial charge >= 0.3 is 0 Å². The van der Waals surface area contributed by atoms with Gasteiger partial charge in [0, 0.05) is 29.1 Å². The Morgan fingerprint density at radius 3 is 2.67 bits per heavy atom. The van der Waals surface area contributed by atoms with Gasteiger partial charge in [-0.05, 0) is 49.6 Å². The van der Waals surface area contributed by atoms with E-state index in [1.807, 2.05) is 24.3 Å². The maximum Gasteiger partial charge on any atom is 0.120 e. The van der Waals surface area contributed by atoms with E-state index in [0.29, 0.717) is 11.6 Å². The molecule has 128 valence electrons. The molecular weight excluding hydrogens is 322 g/mol. The monoisotopic (exact) mass is 345 g/mol. The molecule has 1 fully saturated rings. The van der Waals surface area contributed by atoms with Gasteiger partial charge in [-0.1, -0.05) is 41.9 Å². The maximum atomic E-state index is 10.1. The van der Waals surface area contributed by atoms with Gasteiger partial charge < -0.3 is 10.2 Å². The highest BCUT2D eigenvalue weighted by molar-refractivity contribution is 6.30. The van der Waals surface area contributed by atoms with Crippen LogP contribution in [0.25, 0.3) is 0 Å². The summed E-state index contributed by atoms with van der Waals surface area (Å²) in [6.07, 6.45) is 2.95. The first-order chi connectivity index (χ1) is 11.6. The van der Waals surface area contributed by atoms with E-state index in [4.69, 9.17) is 11.6 Å². The number of hydrogen-bond acceptors (Lipinski definition) is 3. The molecule has 4 heteroatoms. The van der Waals surface area contributed by atoms with E-state index in [-0.39, 0.29) is 17.8 Å². The average molecular weight is 346 g/mol. The van der Waals surface area contributed by atoms with Crippen molar-refractivity contribution in [3.63, 3.8) is 0 Å². The minimum absolute atomic E-state index is 0.117. The summed E-state index contributed by atoms with van der Waals surface area (Å²) in [5, 5.41) is 20.8. The molecule has 24 heavy (non-hydrogen) atoms. The summed E-state index contributed by atoms with van der Waals surface area (Å²) in [5.74, 6) is 0.280. The largest absolute Gasteiger partial charge is 0.508 e. The Morgan fingerprint density at radius 2 is 1.92 bits per heavy atom. The fourth-order valence-electron chi connectivity index (χ4n) is 3.72. The summed E-state index contributed by atoms with van der Waals surface area (Å²) in [5.41, 5.74) is 1.99. The van der Waals surface area contributed by atoms with Crippen LogP contribution in [-0.2, 0) is 13.0 Å². The van der Waals surface area contributed by atoms with Gasteiger partial charge in [-0.25, -0.2) is 0 Å². The first-order valence-electron chi connectivity index (χ1n) is 8.45. The third-order valence-corrected chi connectivity index (χ3v) is 5.17. The molecule has 0 bridgehead atoms. The van der Waals surface area contributed by atoms with Gasteiger partial charge in [0.15, 0.2) is 0 Å². The summed E-state index contributed by atoms with van der Waals surface area (Å²) < 4.78 is 0. The molecule has 2 aromatic rings. The van der Waals surface area contributed by atoms with Crippen LogP contribution >= 0.6 is 11.6 Å². The number of piperidine rings is 1. The van der Waals surface area contributed by atoms with Crippen LogP contribution in [0.15, 0.2) is 48.5 Å². The van der Waals surface area contributed by atoms with Gasteiger partial charge in [0.25, 0.3) is 0 Å². The zero-order chi connectivity index (χ0) is 17.0. The lowest BCUT2D eigenvalue weighted by atomic mass is 9.75. The van der Waals surface area contributed by atoms with E-state index in [1.54, 1.807) is 12.1 Å². The molecule has 0 saturated carbocycles. The molecule has 1 aliphatic rings. The van der Waals surface area contributed by atoms with Crippen molar-refractivity contribution in [2.75, 3.05) is 19.7 Å². The van der Waals surface area contributed by atoms with Crippen LogP contribution in [0.2, 0.25) is 5.02 Å². The summed E-state index contributed by atoms with van der Waals surface area (Å²) in [6, 6.07) is 15.5. The van der Waals surface area contributed by atoms with Gasteiger partial charge in [0.2, 0.25) is 0 Å². The van der Waals surface area contributed by atoms with Crippen LogP contribution in [0, 0.1) is 5.41 Å². The minimum Gasteiger partial charge on any atom is -0.508 e. The zero-order valence-electron chi connectivity index (χ0n) is 13.8. The van der Waals surface area contributed by atoms with Crippen molar-refractivity contribution in [3.05, 3.63) is 64.7 Å².